The first-order chi connectivity index (χ1) is 11.1. The molecule has 3 rings (SSSR count). The van der Waals surface area contributed by atoms with Crippen LogP contribution in [0.4, 0.5) is 0 Å². The van der Waals surface area contributed by atoms with Crippen molar-refractivity contribution in [3.8, 4) is 0 Å². The highest BCUT2D eigenvalue weighted by Gasteiger charge is 2.22. The summed E-state index contributed by atoms with van der Waals surface area (Å²) in [5.41, 5.74) is 2.85. The molecule has 0 fully saturated rings. The van der Waals surface area contributed by atoms with Gasteiger partial charge in [-0.15, -0.1) is 0 Å². The maximum Gasteiger partial charge on any atom is 0.0409 e. The highest BCUT2D eigenvalue weighted by molar-refractivity contribution is 8.00. The van der Waals surface area contributed by atoms with E-state index in [1.54, 1.807) is 0 Å². The normalized spacial score (nSPS) is 16.8. The molecule has 1 heterocycles. The van der Waals surface area contributed by atoms with Crippen LogP contribution in [0.25, 0.3) is 0 Å². The highest BCUT2D eigenvalue weighted by Crippen LogP contribution is 2.46. The zero-order valence-corrected chi connectivity index (χ0v) is 16.0. The first kappa shape index (κ1) is 17.2. The number of nitrogens with zero attached hydrogens (tertiary/aromatic N) is 1. The van der Waals surface area contributed by atoms with E-state index in [1.807, 2.05) is 17.8 Å². The third-order valence-electron chi connectivity index (χ3n) is 3.98. The van der Waals surface area contributed by atoms with E-state index in [2.05, 4.69) is 67.2 Å². The number of hydrogen-bond donors (Lipinski definition) is 0. The van der Waals surface area contributed by atoms with Crippen molar-refractivity contribution in [1.82, 2.24) is 4.90 Å². The fraction of sp³-hybridized carbons (Fsp3) is 0.368. The Bertz CT molecular complexity index is 672. The van der Waals surface area contributed by atoms with E-state index in [0.717, 1.165) is 18.0 Å². The number of benzene rings is 2. The molecule has 1 nitrogen and oxygen atoms in total. The fourth-order valence-corrected chi connectivity index (χ4v) is 5.48. The van der Waals surface area contributed by atoms with E-state index >= 15 is 0 Å². The second kappa shape index (κ2) is 7.98. The SMILES string of the molecule is CN(C)CCCSC1Cc2cc(Cl)ccc2Sc2ccccc21. The summed E-state index contributed by atoms with van der Waals surface area (Å²) in [6, 6.07) is 15.1. The lowest BCUT2D eigenvalue weighted by atomic mass is 10.0. The summed E-state index contributed by atoms with van der Waals surface area (Å²) < 4.78 is 0. The maximum atomic E-state index is 6.23. The summed E-state index contributed by atoms with van der Waals surface area (Å²) >= 11 is 10.2. The van der Waals surface area contributed by atoms with Gasteiger partial charge in [0, 0.05) is 20.1 Å². The van der Waals surface area contributed by atoms with Crippen LogP contribution in [0.15, 0.2) is 52.3 Å². The predicted octanol–water partition coefficient (Wildman–Crippen LogP) is 5.77. The molecule has 0 spiro atoms. The largest absolute Gasteiger partial charge is 0.309 e. The van der Waals surface area contributed by atoms with Crippen molar-refractivity contribution < 1.29 is 0 Å². The van der Waals surface area contributed by atoms with Gasteiger partial charge in [0.05, 0.1) is 0 Å². The number of hydrogen-bond acceptors (Lipinski definition) is 3. The minimum Gasteiger partial charge on any atom is -0.309 e. The molecule has 1 aliphatic heterocycles. The van der Waals surface area contributed by atoms with Crippen LogP contribution < -0.4 is 0 Å². The van der Waals surface area contributed by atoms with Crippen LogP contribution in [0, 0.1) is 0 Å². The Hall–Kier alpha value is -0.610. The Labute approximate surface area is 152 Å². The summed E-state index contributed by atoms with van der Waals surface area (Å²) in [7, 11) is 4.28. The first-order valence-corrected chi connectivity index (χ1v) is 10.2. The molecule has 2 aromatic carbocycles. The second-order valence-electron chi connectivity index (χ2n) is 6.11. The molecule has 0 radical (unpaired) electrons. The molecule has 1 atom stereocenters. The van der Waals surface area contributed by atoms with Crippen LogP contribution in [-0.4, -0.2) is 31.3 Å². The van der Waals surface area contributed by atoms with Gasteiger partial charge >= 0.3 is 0 Å². The molecule has 4 heteroatoms. The molecular formula is C19H22ClNS2. The average Bonchev–Trinajstić information content (AvgIpc) is 2.68. The third-order valence-corrected chi connectivity index (χ3v) is 6.77. The van der Waals surface area contributed by atoms with Gasteiger partial charge in [-0.05, 0) is 74.6 Å². The Morgan fingerprint density at radius 2 is 2.00 bits per heavy atom. The number of halogens is 1. The molecule has 0 saturated heterocycles. The van der Waals surface area contributed by atoms with Gasteiger partial charge in [0.25, 0.3) is 0 Å². The van der Waals surface area contributed by atoms with Crippen LogP contribution in [0.2, 0.25) is 5.02 Å². The van der Waals surface area contributed by atoms with Gasteiger partial charge in [0.1, 0.15) is 0 Å². The van der Waals surface area contributed by atoms with Crippen molar-refractivity contribution in [2.24, 2.45) is 0 Å². The molecule has 122 valence electrons. The van der Waals surface area contributed by atoms with E-state index in [4.69, 9.17) is 11.6 Å². The van der Waals surface area contributed by atoms with Crippen LogP contribution in [0.3, 0.4) is 0 Å². The summed E-state index contributed by atoms with van der Waals surface area (Å²) in [4.78, 5) is 4.99. The van der Waals surface area contributed by atoms with Gasteiger partial charge in [0.15, 0.2) is 0 Å². The van der Waals surface area contributed by atoms with Crippen LogP contribution in [0.5, 0.6) is 0 Å². The Balaban J connectivity index is 1.82. The van der Waals surface area contributed by atoms with E-state index in [-0.39, 0.29) is 0 Å². The molecule has 0 aromatic heterocycles. The molecule has 0 saturated carbocycles. The van der Waals surface area contributed by atoms with Gasteiger partial charge in [0.2, 0.25) is 0 Å². The van der Waals surface area contributed by atoms with Crippen molar-refractivity contribution in [2.45, 2.75) is 27.9 Å². The monoisotopic (exact) mass is 363 g/mol. The number of fused-ring (bicyclic) bond motifs is 2. The average molecular weight is 364 g/mol. The van der Waals surface area contributed by atoms with Gasteiger partial charge in [-0.25, -0.2) is 0 Å². The van der Waals surface area contributed by atoms with Gasteiger partial charge in [-0.2, -0.15) is 11.8 Å². The van der Waals surface area contributed by atoms with Gasteiger partial charge in [-0.3, -0.25) is 0 Å². The zero-order chi connectivity index (χ0) is 16.2. The standard InChI is InChI=1S/C19H22ClNS2/c1-21(2)10-5-11-22-19-13-14-12-15(20)8-9-17(14)23-18-7-4-3-6-16(18)19/h3-4,6-9,12,19H,5,10-11,13H2,1-2H3. The smallest absolute Gasteiger partial charge is 0.0409 e. The lowest BCUT2D eigenvalue weighted by Crippen LogP contribution is -2.13. The Morgan fingerprint density at radius 1 is 1.17 bits per heavy atom. The second-order valence-corrected chi connectivity index (χ2v) is 8.94. The summed E-state index contributed by atoms with van der Waals surface area (Å²) in [6.07, 6.45) is 2.29. The summed E-state index contributed by atoms with van der Waals surface area (Å²) in [6.45, 7) is 1.15. The fourth-order valence-electron chi connectivity index (χ4n) is 2.83. The van der Waals surface area contributed by atoms with Crippen LogP contribution in [-0.2, 0) is 6.42 Å². The molecule has 0 amide bonds. The Kier molecular flexibility index (Phi) is 5.97. The molecule has 0 bridgehead atoms. The number of rotatable bonds is 5. The van der Waals surface area contributed by atoms with E-state index < -0.39 is 0 Å². The number of thioether (sulfide) groups is 1. The van der Waals surface area contributed by atoms with Gasteiger partial charge in [-0.1, -0.05) is 41.6 Å². The van der Waals surface area contributed by atoms with Crippen LogP contribution >= 0.6 is 35.1 Å². The minimum absolute atomic E-state index is 0.514. The zero-order valence-electron chi connectivity index (χ0n) is 13.6. The predicted molar refractivity (Wildman–Crippen MR) is 104 cm³/mol. The molecule has 2 aromatic rings. The quantitative estimate of drug-likeness (QED) is 0.620. The van der Waals surface area contributed by atoms with Crippen molar-refractivity contribution in [3.63, 3.8) is 0 Å². The van der Waals surface area contributed by atoms with Crippen molar-refractivity contribution in [1.29, 1.82) is 0 Å². The van der Waals surface area contributed by atoms with E-state index in [9.17, 15) is 0 Å². The highest BCUT2D eigenvalue weighted by atomic mass is 35.5. The first-order valence-electron chi connectivity index (χ1n) is 7.95. The van der Waals surface area contributed by atoms with E-state index in [0.29, 0.717) is 5.25 Å². The summed E-state index contributed by atoms with van der Waals surface area (Å²) in [5.74, 6) is 1.19. The topological polar surface area (TPSA) is 3.24 Å². The Morgan fingerprint density at radius 3 is 2.83 bits per heavy atom. The molecule has 1 aliphatic rings. The lowest BCUT2D eigenvalue weighted by molar-refractivity contribution is 0.410. The molecular weight excluding hydrogens is 342 g/mol. The van der Waals surface area contributed by atoms with Crippen molar-refractivity contribution >= 4 is 35.1 Å². The van der Waals surface area contributed by atoms with Crippen LogP contribution in [0.1, 0.15) is 22.8 Å². The maximum absolute atomic E-state index is 6.23. The van der Waals surface area contributed by atoms with Crippen molar-refractivity contribution in [3.05, 3.63) is 58.6 Å². The molecule has 1 unspecified atom stereocenters. The minimum atomic E-state index is 0.514. The molecule has 0 aliphatic carbocycles. The third kappa shape index (κ3) is 4.48. The van der Waals surface area contributed by atoms with E-state index in [1.165, 1.54) is 33.1 Å². The van der Waals surface area contributed by atoms with Gasteiger partial charge < -0.3 is 4.90 Å². The summed E-state index contributed by atoms with van der Waals surface area (Å²) in [5, 5.41) is 1.35. The lowest BCUT2D eigenvalue weighted by Gasteiger charge is -2.18. The molecule has 23 heavy (non-hydrogen) atoms. The molecule has 0 N–H and O–H groups in total. The van der Waals surface area contributed by atoms with Crippen molar-refractivity contribution in [2.75, 3.05) is 26.4 Å².